The van der Waals surface area contributed by atoms with Crippen LogP contribution in [0.5, 0.6) is 0 Å². The third kappa shape index (κ3) is 4.00. The Morgan fingerprint density at radius 3 is 2.65 bits per heavy atom. The van der Waals surface area contributed by atoms with Gasteiger partial charge in [0.15, 0.2) is 10.9 Å². The second kappa shape index (κ2) is 8.07. The minimum atomic E-state index is -0.0762. The molecule has 5 nitrogen and oxygen atoms in total. The SMILES string of the molecule is CCN(C(=O)Cc1ccc(C(C)=O)s1)c1sc(-c2cccnc2)nc1Cl. The predicted molar refractivity (Wildman–Crippen MR) is 106 cm³/mol. The molecule has 3 heterocycles. The Bertz CT molecular complexity index is 937. The Hall–Kier alpha value is -2.09. The van der Waals surface area contributed by atoms with Crippen LogP contribution in [0.2, 0.25) is 5.15 Å². The molecule has 0 aliphatic rings. The van der Waals surface area contributed by atoms with Gasteiger partial charge in [-0.3, -0.25) is 14.6 Å². The smallest absolute Gasteiger partial charge is 0.232 e. The molecule has 0 aromatic carbocycles. The fourth-order valence-electron chi connectivity index (χ4n) is 2.41. The number of thiazole rings is 1. The number of aromatic nitrogens is 2. The number of nitrogens with zero attached hydrogens (tertiary/aromatic N) is 3. The molecule has 0 fully saturated rings. The van der Waals surface area contributed by atoms with Crippen LogP contribution in [-0.2, 0) is 11.2 Å². The molecule has 0 saturated heterocycles. The van der Waals surface area contributed by atoms with Gasteiger partial charge in [-0.15, -0.1) is 11.3 Å². The Labute approximate surface area is 164 Å². The molecule has 0 spiro atoms. The highest BCUT2D eigenvalue weighted by atomic mass is 35.5. The zero-order valence-corrected chi connectivity index (χ0v) is 16.6. The number of likely N-dealkylation sites (N-methyl/N-ethyl adjacent to an activating group) is 1. The third-order valence-corrected chi connectivity index (χ3v) is 6.36. The number of anilines is 1. The number of amides is 1. The van der Waals surface area contributed by atoms with Crippen molar-refractivity contribution < 1.29 is 9.59 Å². The molecule has 3 rings (SSSR count). The van der Waals surface area contributed by atoms with Crippen LogP contribution in [0.1, 0.15) is 28.4 Å². The van der Waals surface area contributed by atoms with Crippen LogP contribution in [0.4, 0.5) is 5.00 Å². The molecular weight excluding hydrogens is 390 g/mol. The van der Waals surface area contributed by atoms with Crippen LogP contribution in [0.15, 0.2) is 36.7 Å². The minimum Gasteiger partial charge on any atom is -0.301 e. The van der Waals surface area contributed by atoms with Gasteiger partial charge in [0.2, 0.25) is 5.91 Å². The van der Waals surface area contributed by atoms with E-state index in [-0.39, 0.29) is 18.1 Å². The molecule has 0 aliphatic carbocycles. The van der Waals surface area contributed by atoms with E-state index in [9.17, 15) is 9.59 Å². The molecule has 1 amide bonds. The number of carbonyl (C=O) groups excluding carboxylic acids is 2. The highest BCUT2D eigenvalue weighted by molar-refractivity contribution is 7.19. The largest absolute Gasteiger partial charge is 0.301 e. The maximum atomic E-state index is 12.8. The monoisotopic (exact) mass is 405 g/mol. The topological polar surface area (TPSA) is 63.2 Å². The van der Waals surface area contributed by atoms with Crippen molar-refractivity contribution in [1.29, 1.82) is 0 Å². The van der Waals surface area contributed by atoms with E-state index in [4.69, 9.17) is 11.6 Å². The number of pyridine rings is 1. The molecule has 0 atom stereocenters. The van der Waals surface area contributed by atoms with E-state index in [0.717, 1.165) is 15.4 Å². The van der Waals surface area contributed by atoms with Gasteiger partial charge < -0.3 is 4.90 Å². The van der Waals surface area contributed by atoms with E-state index in [0.29, 0.717) is 21.6 Å². The van der Waals surface area contributed by atoms with E-state index in [2.05, 4.69) is 9.97 Å². The van der Waals surface area contributed by atoms with Crippen LogP contribution in [0.25, 0.3) is 10.6 Å². The summed E-state index contributed by atoms with van der Waals surface area (Å²) in [7, 11) is 0. The Balaban J connectivity index is 1.82. The molecule has 0 N–H and O–H groups in total. The van der Waals surface area contributed by atoms with Gasteiger partial charge in [-0.1, -0.05) is 22.9 Å². The molecule has 26 heavy (non-hydrogen) atoms. The van der Waals surface area contributed by atoms with Gasteiger partial charge in [0.05, 0.1) is 11.3 Å². The molecule has 0 saturated carbocycles. The average molecular weight is 406 g/mol. The summed E-state index contributed by atoms with van der Waals surface area (Å²) in [6.07, 6.45) is 3.63. The lowest BCUT2D eigenvalue weighted by Gasteiger charge is -2.18. The van der Waals surface area contributed by atoms with Gasteiger partial charge in [0, 0.05) is 29.4 Å². The molecular formula is C18H16ClN3O2S2. The number of hydrogen-bond acceptors (Lipinski definition) is 6. The minimum absolute atomic E-state index is 0.00709. The first-order valence-electron chi connectivity index (χ1n) is 7.96. The van der Waals surface area contributed by atoms with Crippen molar-refractivity contribution in [2.45, 2.75) is 20.3 Å². The highest BCUT2D eigenvalue weighted by Crippen LogP contribution is 2.37. The van der Waals surface area contributed by atoms with Crippen molar-refractivity contribution in [3.63, 3.8) is 0 Å². The molecule has 0 unspecified atom stereocenters. The van der Waals surface area contributed by atoms with Crippen LogP contribution >= 0.6 is 34.3 Å². The van der Waals surface area contributed by atoms with Crippen LogP contribution < -0.4 is 4.90 Å². The standard InChI is InChI=1S/C18H16ClN3O2S2/c1-3-22(15(24)9-13-6-7-14(25-13)11(2)23)18-16(19)21-17(26-18)12-5-4-8-20-10-12/h4-8,10H,3,9H2,1-2H3. The van der Waals surface area contributed by atoms with Gasteiger partial charge in [0.1, 0.15) is 10.0 Å². The maximum Gasteiger partial charge on any atom is 0.232 e. The summed E-state index contributed by atoms with van der Waals surface area (Å²) < 4.78 is 0. The van der Waals surface area contributed by atoms with Crippen molar-refractivity contribution in [3.05, 3.63) is 51.6 Å². The summed E-state index contributed by atoms with van der Waals surface area (Å²) in [6, 6.07) is 7.31. The van der Waals surface area contributed by atoms with Crippen molar-refractivity contribution in [2.75, 3.05) is 11.4 Å². The lowest BCUT2D eigenvalue weighted by molar-refractivity contribution is -0.117. The first kappa shape index (κ1) is 18.7. The summed E-state index contributed by atoms with van der Waals surface area (Å²) in [5.74, 6) is -0.0691. The van der Waals surface area contributed by atoms with E-state index in [1.807, 2.05) is 25.1 Å². The van der Waals surface area contributed by atoms with E-state index >= 15 is 0 Å². The molecule has 3 aromatic heterocycles. The third-order valence-electron chi connectivity index (χ3n) is 3.67. The first-order valence-corrected chi connectivity index (χ1v) is 9.97. The van der Waals surface area contributed by atoms with Crippen molar-refractivity contribution in [2.24, 2.45) is 0 Å². The summed E-state index contributed by atoms with van der Waals surface area (Å²) in [5, 5.41) is 1.65. The van der Waals surface area contributed by atoms with Gasteiger partial charge in [-0.25, -0.2) is 4.98 Å². The summed E-state index contributed by atoms with van der Waals surface area (Å²) in [5.41, 5.74) is 0.860. The van der Waals surface area contributed by atoms with Gasteiger partial charge in [-0.05, 0) is 38.1 Å². The normalized spacial score (nSPS) is 10.7. The molecule has 0 bridgehead atoms. The van der Waals surface area contributed by atoms with Crippen LogP contribution in [0, 0.1) is 0 Å². The van der Waals surface area contributed by atoms with E-state index in [1.165, 1.54) is 29.6 Å². The molecule has 8 heteroatoms. The molecule has 0 aliphatic heterocycles. The fourth-order valence-corrected chi connectivity index (χ4v) is 4.69. The zero-order chi connectivity index (χ0) is 18.7. The lowest BCUT2D eigenvalue weighted by atomic mass is 10.3. The Morgan fingerprint density at radius 2 is 2.04 bits per heavy atom. The van der Waals surface area contributed by atoms with Crippen LogP contribution in [0.3, 0.4) is 0 Å². The van der Waals surface area contributed by atoms with E-state index in [1.54, 1.807) is 23.4 Å². The lowest BCUT2D eigenvalue weighted by Crippen LogP contribution is -2.31. The number of ketones is 1. The fraction of sp³-hybridized carbons (Fsp3) is 0.222. The number of rotatable bonds is 6. The first-order chi connectivity index (χ1) is 12.5. The average Bonchev–Trinajstić information content (AvgIpc) is 3.24. The maximum absolute atomic E-state index is 12.8. The highest BCUT2D eigenvalue weighted by Gasteiger charge is 2.22. The number of halogens is 1. The second-order valence-electron chi connectivity index (χ2n) is 5.49. The van der Waals surface area contributed by atoms with Gasteiger partial charge >= 0.3 is 0 Å². The van der Waals surface area contributed by atoms with Crippen molar-refractivity contribution in [3.8, 4) is 10.6 Å². The number of hydrogen-bond donors (Lipinski definition) is 0. The predicted octanol–water partition coefficient (Wildman–Crippen LogP) is 4.72. The second-order valence-corrected chi connectivity index (χ2v) is 8.00. The Morgan fingerprint density at radius 1 is 1.23 bits per heavy atom. The number of Topliss-reactive ketones (excluding diaryl/α,β-unsaturated/α-hetero) is 1. The Kier molecular flexibility index (Phi) is 5.80. The van der Waals surface area contributed by atoms with Crippen molar-refractivity contribution in [1.82, 2.24) is 9.97 Å². The number of carbonyl (C=O) groups is 2. The van der Waals surface area contributed by atoms with Crippen molar-refractivity contribution >= 4 is 51.0 Å². The molecule has 0 radical (unpaired) electrons. The quantitative estimate of drug-likeness (QED) is 0.556. The summed E-state index contributed by atoms with van der Waals surface area (Å²) >= 11 is 9.02. The van der Waals surface area contributed by atoms with E-state index < -0.39 is 0 Å². The number of thiophene rings is 1. The summed E-state index contributed by atoms with van der Waals surface area (Å²) in [6.45, 7) is 3.90. The van der Waals surface area contributed by atoms with Gasteiger partial charge in [-0.2, -0.15) is 0 Å². The van der Waals surface area contributed by atoms with Gasteiger partial charge in [0.25, 0.3) is 0 Å². The molecule has 3 aromatic rings. The molecule has 134 valence electrons. The summed E-state index contributed by atoms with van der Waals surface area (Å²) in [4.78, 5) is 35.8. The zero-order valence-electron chi connectivity index (χ0n) is 14.2. The van der Waals surface area contributed by atoms with Crippen LogP contribution in [-0.4, -0.2) is 28.2 Å².